The van der Waals surface area contributed by atoms with Gasteiger partial charge in [0, 0.05) is 23.0 Å². The molecular formula is C24H25F3N2O5. The quantitative estimate of drug-likeness (QED) is 0.259. The predicted molar refractivity (Wildman–Crippen MR) is 119 cm³/mol. The Morgan fingerprint density at radius 3 is 2.32 bits per heavy atom. The third-order valence-electron chi connectivity index (χ3n) is 5.36. The first-order valence-corrected chi connectivity index (χ1v) is 10.6. The monoisotopic (exact) mass is 478 g/mol. The smallest absolute Gasteiger partial charge is 0.458 e. The van der Waals surface area contributed by atoms with E-state index in [1.165, 1.54) is 6.08 Å². The number of esters is 2. The van der Waals surface area contributed by atoms with E-state index in [-0.39, 0.29) is 32.3 Å². The van der Waals surface area contributed by atoms with Crippen LogP contribution in [0.15, 0.2) is 48.5 Å². The second-order valence-corrected chi connectivity index (χ2v) is 7.93. The van der Waals surface area contributed by atoms with Crippen LogP contribution in [0.25, 0.3) is 6.08 Å². The first kappa shape index (κ1) is 25.1. The van der Waals surface area contributed by atoms with Gasteiger partial charge < -0.3 is 20.9 Å². The van der Waals surface area contributed by atoms with Gasteiger partial charge >= 0.3 is 18.3 Å². The van der Waals surface area contributed by atoms with E-state index in [4.69, 9.17) is 20.9 Å². The largest absolute Gasteiger partial charge is 0.522 e. The molecule has 0 radical (unpaired) electrons. The molecule has 1 fully saturated rings. The number of carbonyl (C=O) groups excluding carboxylic acids is 2. The molecule has 182 valence electrons. The average molecular weight is 478 g/mol. The summed E-state index contributed by atoms with van der Waals surface area (Å²) in [5, 5.41) is 0. The molecule has 10 heteroatoms. The number of rotatable bonds is 7. The first-order valence-electron chi connectivity index (χ1n) is 10.6. The summed E-state index contributed by atoms with van der Waals surface area (Å²) in [5.74, 6) is -1.23. The van der Waals surface area contributed by atoms with Gasteiger partial charge in [-0.05, 0) is 67.7 Å². The molecule has 0 spiro atoms. The highest BCUT2D eigenvalue weighted by Gasteiger charge is 2.36. The Balaban J connectivity index is 1.44. The molecule has 0 saturated heterocycles. The Morgan fingerprint density at radius 2 is 1.68 bits per heavy atom. The SMILES string of the molecule is Nc1ccc(N)c(COC(=O)C=Cc2ccc(OC(=O)C3CCC(OC(F)(F)F)CC3)cc2)c1. The van der Waals surface area contributed by atoms with Crippen LogP contribution >= 0.6 is 0 Å². The third-order valence-corrected chi connectivity index (χ3v) is 5.36. The summed E-state index contributed by atoms with van der Waals surface area (Å²) in [6, 6.07) is 11.3. The molecule has 0 unspecified atom stereocenters. The molecule has 3 rings (SSSR count). The molecule has 7 nitrogen and oxygen atoms in total. The van der Waals surface area contributed by atoms with Crippen LogP contribution in [0.5, 0.6) is 5.75 Å². The minimum Gasteiger partial charge on any atom is -0.458 e. The van der Waals surface area contributed by atoms with Crippen molar-refractivity contribution in [2.75, 3.05) is 11.5 Å². The molecule has 1 saturated carbocycles. The lowest BCUT2D eigenvalue weighted by Crippen LogP contribution is -2.32. The molecular weight excluding hydrogens is 453 g/mol. The molecule has 1 aliphatic carbocycles. The molecule has 0 bridgehead atoms. The van der Waals surface area contributed by atoms with Gasteiger partial charge in [0.15, 0.2) is 0 Å². The fraction of sp³-hybridized carbons (Fsp3) is 0.333. The van der Waals surface area contributed by atoms with Crippen LogP contribution in [0.4, 0.5) is 24.5 Å². The van der Waals surface area contributed by atoms with E-state index >= 15 is 0 Å². The molecule has 2 aromatic carbocycles. The zero-order chi connectivity index (χ0) is 24.7. The number of nitrogen functional groups attached to an aromatic ring is 2. The molecule has 1 aliphatic rings. The minimum atomic E-state index is -4.67. The van der Waals surface area contributed by atoms with Crippen LogP contribution in [0, 0.1) is 5.92 Å². The van der Waals surface area contributed by atoms with Crippen molar-refractivity contribution in [1.82, 2.24) is 0 Å². The minimum absolute atomic E-state index is 0.0147. The van der Waals surface area contributed by atoms with Gasteiger partial charge in [-0.25, -0.2) is 4.79 Å². The van der Waals surface area contributed by atoms with Crippen molar-refractivity contribution in [1.29, 1.82) is 0 Å². The Morgan fingerprint density at radius 1 is 1.00 bits per heavy atom. The van der Waals surface area contributed by atoms with Crippen molar-refractivity contribution in [2.24, 2.45) is 5.92 Å². The highest BCUT2D eigenvalue weighted by molar-refractivity contribution is 5.87. The van der Waals surface area contributed by atoms with Gasteiger partial charge in [-0.2, -0.15) is 0 Å². The fourth-order valence-corrected chi connectivity index (χ4v) is 3.56. The Labute approximate surface area is 194 Å². The molecule has 0 heterocycles. The highest BCUT2D eigenvalue weighted by atomic mass is 19.4. The molecule has 0 aromatic heterocycles. The lowest BCUT2D eigenvalue weighted by Gasteiger charge is -2.27. The maximum absolute atomic E-state index is 12.3. The fourth-order valence-electron chi connectivity index (χ4n) is 3.56. The zero-order valence-corrected chi connectivity index (χ0v) is 18.2. The van der Waals surface area contributed by atoms with Crippen LogP contribution in [0.2, 0.25) is 0 Å². The van der Waals surface area contributed by atoms with E-state index in [0.717, 1.165) is 0 Å². The normalized spacial score (nSPS) is 18.6. The number of hydrogen-bond donors (Lipinski definition) is 2. The third kappa shape index (κ3) is 7.80. The summed E-state index contributed by atoms with van der Waals surface area (Å²) < 4.78 is 51.4. The summed E-state index contributed by atoms with van der Waals surface area (Å²) in [6.45, 7) is -0.0147. The van der Waals surface area contributed by atoms with Crippen LogP contribution in [-0.2, 0) is 25.7 Å². The van der Waals surface area contributed by atoms with Crippen LogP contribution in [-0.4, -0.2) is 24.4 Å². The summed E-state index contributed by atoms with van der Waals surface area (Å²) in [6.07, 6.45) is -1.98. The summed E-state index contributed by atoms with van der Waals surface area (Å²) in [4.78, 5) is 24.3. The number of nitrogens with two attached hydrogens (primary N) is 2. The molecule has 2 aromatic rings. The zero-order valence-electron chi connectivity index (χ0n) is 18.2. The second kappa shape index (κ2) is 11.1. The average Bonchev–Trinajstić information content (AvgIpc) is 2.78. The number of ether oxygens (including phenoxy) is 3. The van der Waals surface area contributed by atoms with Gasteiger partial charge in [-0.15, -0.1) is 13.2 Å². The van der Waals surface area contributed by atoms with Crippen molar-refractivity contribution >= 4 is 29.4 Å². The molecule has 0 atom stereocenters. The molecule has 0 aliphatic heterocycles. The van der Waals surface area contributed by atoms with Gasteiger partial charge in [0.25, 0.3) is 0 Å². The maximum atomic E-state index is 12.3. The lowest BCUT2D eigenvalue weighted by atomic mass is 9.87. The van der Waals surface area contributed by atoms with Gasteiger partial charge in [-0.1, -0.05) is 12.1 Å². The second-order valence-electron chi connectivity index (χ2n) is 7.93. The van der Waals surface area contributed by atoms with Crippen LogP contribution in [0.1, 0.15) is 36.8 Å². The first-order chi connectivity index (χ1) is 16.1. The highest BCUT2D eigenvalue weighted by Crippen LogP contribution is 2.31. The Hall–Kier alpha value is -3.53. The Kier molecular flexibility index (Phi) is 8.17. The van der Waals surface area contributed by atoms with Crippen LogP contribution in [0.3, 0.4) is 0 Å². The van der Waals surface area contributed by atoms with Crippen molar-refractivity contribution in [3.63, 3.8) is 0 Å². The molecule has 0 amide bonds. The molecule has 34 heavy (non-hydrogen) atoms. The van der Waals surface area contributed by atoms with E-state index in [2.05, 4.69) is 4.74 Å². The summed E-state index contributed by atoms with van der Waals surface area (Å²) in [7, 11) is 0. The Bertz CT molecular complexity index is 1030. The van der Waals surface area contributed by atoms with Gasteiger partial charge in [0.1, 0.15) is 12.4 Å². The predicted octanol–water partition coefficient (Wildman–Crippen LogP) is 4.61. The summed E-state index contributed by atoms with van der Waals surface area (Å²) >= 11 is 0. The van der Waals surface area contributed by atoms with E-state index in [0.29, 0.717) is 28.3 Å². The maximum Gasteiger partial charge on any atom is 0.522 e. The van der Waals surface area contributed by atoms with Gasteiger partial charge in [-0.3, -0.25) is 9.53 Å². The van der Waals surface area contributed by atoms with Crippen molar-refractivity contribution in [2.45, 2.75) is 44.8 Å². The van der Waals surface area contributed by atoms with Crippen molar-refractivity contribution < 1.29 is 37.0 Å². The van der Waals surface area contributed by atoms with E-state index < -0.39 is 30.3 Å². The number of halogens is 3. The van der Waals surface area contributed by atoms with Gasteiger partial charge in [0.2, 0.25) is 0 Å². The van der Waals surface area contributed by atoms with E-state index in [1.54, 1.807) is 48.5 Å². The number of alkyl halides is 3. The standard InChI is InChI=1S/C24H25F3N2O5/c25-24(26,27)34-20-9-4-16(5-10-20)23(31)33-19-7-1-15(2-8-19)3-12-22(30)32-14-17-13-18(28)6-11-21(17)29/h1-3,6-8,11-13,16,20H,4-5,9-10,14,28-29H2. The van der Waals surface area contributed by atoms with Crippen LogP contribution < -0.4 is 16.2 Å². The van der Waals surface area contributed by atoms with E-state index in [9.17, 15) is 22.8 Å². The number of benzene rings is 2. The summed E-state index contributed by atoms with van der Waals surface area (Å²) in [5.41, 5.74) is 13.8. The topological polar surface area (TPSA) is 114 Å². The lowest BCUT2D eigenvalue weighted by molar-refractivity contribution is -0.345. The van der Waals surface area contributed by atoms with E-state index in [1.807, 2.05) is 0 Å². The number of anilines is 2. The van der Waals surface area contributed by atoms with Gasteiger partial charge in [0.05, 0.1) is 12.0 Å². The number of carbonyl (C=O) groups is 2. The number of hydrogen-bond acceptors (Lipinski definition) is 7. The van der Waals surface area contributed by atoms with Crippen molar-refractivity contribution in [3.8, 4) is 5.75 Å². The molecule has 4 N–H and O–H groups in total. The van der Waals surface area contributed by atoms with Crippen molar-refractivity contribution in [3.05, 3.63) is 59.7 Å².